The van der Waals surface area contributed by atoms with Gasteiger partial charge in [-0.05, 0) is 0 Å². The summed E-state index contributed by atoms with van der Waals surface area (Å²) in [6.45, 7) is 7.51. The summed E-state index contributed by atoms with van der Waals surface area (Å²) in [6.07, 6.45) is 3.50. The number of halogens is 1. The van der Waals surface area contributed by atoms with Crippen LogP contribution < -0.4 is 0 Å². The molecule has 0 heterocycles. The van der Waals surface area contributed by atoms with Crippen molar-refractivity contribution < 1.29 is 9.84 Å². The summed E-state index contributed by atoms with van der Waals surface area (Å²) < 4.78 is 4.57. The van der Waals surface area contributed by atoms with E-state index in [-0.39, 0.29) is 0 Å². The summed E-state index contributed by atoms with van der Waals surface area (Å²) in [5, 5.41) is 7.90. The van der Waals surface area contributed by atoms with E-state index in [2.05, 4.69) is 33.8 Å². The fourth-order valence-electron chi connectivity index (χ4n) is 0.118. The molecule has 0 aliphatic heterocycles. The Morgan fingerprint density at radius 3 is 1.73 bits per heavy atom. The molecule has 0 saturated carbocycles. The third-order valence-electron chi connectivity index (χ3n) is 0.394. The van der Waals surface area contributed by atoms with Crippen LogP contribution in [0, 0.1) is 0 Å². The number of allylic oxidation sites excluding steroid dienone is 1. The third kappa shape index (κ3) is 74.0. The fourth-order valence-corrected chi connectivity index (χ4v) is 0.118. The Hall–Kier alpha value is -0.120. The molecule has 0 radical (unpaired) electrons. The zero-order valence-corrected chi connectivity index (χ0v) is 8.80. The van der Waals surface area contributed by atoms with Crippen molar-refractivity contribution in [1.29, 1.82) is 0 Å². The van der Waals surface area contributed by atoms with Crippen LogP contribution >= 0.6 is 15.9 Å². The van der Waals surface area contributed by atoms with Crippen LogP contribution in [0.3, 0.4) is 0 Å². The van der Waals surface area contributed by atoms with Gasteiger partial charge in [-0.3, -0.25) is 0 Å². The molecule has 0 unspecified atom stereocenters. The Bertz CT molecular complexity index is 65.1. The quantitative estimate of drug-likeness (QED) is 0.588. The van der Waals surface area contributed by atoms with E-state index >= 15 is 0 Å². The van der Waals surface area contributed by atoms with Crippen LogP contribution in [-0.2, 0) is 4.74 Å². The predicted octanol–water partition coefficient (Wildman–Crippen LogP) is 1.99. The molecule has 3 heteroatoms. The monoisotopic (exact) mass is 224 g/mol. The summed E-state index contributed by atoms with van der Waals surface area (Å²) in [5.74, 6) is 0. The van der Waals surface area contributed by atoms with Crippen molar-refractivity contribution in [3.63, 3.8) is 0 Å². The van der Waals surface area contributed by atoms with Crippen LogP contribution in [0.5, 0.6) is 0 Å². The number of aliphatic hydroxyl groups is 1. The van der Waals surface area contributed by atoms with E-state index in [0.29, 0.717) is 6.61 Å². The Kier molecular flexibility index (Phi) is 50.9. The number of aliphatic hydroxyl groups excluding tert-OH is 1. The molecular weight excluding hydrogens is 208 g/mol. The van der Waals surface area contributed by atoms with E-state index in [1.807, 2.05) is 0 Å². The van der Waals surface area contributed by atoms with Crippen molar-refractivity contribution >= 4 is 15.9 Å². The number of hydrogen-bond donors (Lipinski definition) is 1. The molecule has 1 N–H and O–H groups in total. The molecule has 0 spiro atoms. The van der Waals surface area contributed by atoms with Gasteiger partial charge in [0, 0.05) is 19.5 Å². The second-order valence-corrected chi connectivity index (χ2v) is 1.83. The SMILES string of the molecule is C=CCBr.C=CCOC.CO. The topological polar surface area (TPSA) is 29.5 Å². The molecule has 0 aromatic carbocycles. The van der Waals surface area contributed by atoms with Crippen molar-refractivity contribution in [2.24, 2.45) is 0 Å². The van der Waals surface area contributed by atoms with Crippen molar-refractivity contribution in [2.75, 3.05) is 26.2 Å². The zero-order valence-electron chi connectivity index (χ0n) is 7.22. The Balaban J connectivity index is -0.0000000965. The Morgan fingerprint density at radius 2 is 1.73 bits per heavy atom. The molecule has 0 rings (SSSR count). The summed E-state index contributed by atoms with van der Waals surface area (Å²) >= 11 is 3.13. The zero-order chi connectivity index (χ0) is 9.54. The van der Waals surface area contributed by atoms with Gasteiger partial charge in [-0.2, -0.15) is 0 Å². The van der Waals surface area contributed by atoms with E-state index in [1.165, 1.54) is 0 Å². The highest BCUT2D eigenvalue weighted by Crippen LogP contribution is 1.73. The number of methoxy groups -OCH3 is 1. The summed E-state index contributed by atoms with van der Waals surface area (Å²) in [6, 6.07) is 0. The highest BCUT2D eigenvalue weighted by Gasteiger charge is 1.58. The first-order chi connectivity index (χ1) is 5.33. The molecule has 0 atom stereocenters. The molecule has 68 valence electrons. The molecule has 0 bridgehead atoms. The molecular formula is C8H17BrO2. The average molecular weight is 225 g/mol. The largest absolute Gasteiger partial charge is 0.400 e. The van der Waals surface area contributed by atoms with Gasteiger partial charge in [0.15, 0.2) is 0 Å². The minimum Gasteiger partial charge on any atom is -0.400 e. The van der Waals surface area contributed by atoms with Gasteiger partial charge in [0.25, 0.3) is 0 Å². The lowest BCUT2D eigenvalue weighted by Gasteiger charge is -1.79. The lowest BCUT2D eigenvalue weighted by molar-refractivity contribution is 0.234. The van der Waals surface area contributed by atoms with Gasteiger partial charge in [0.1, 0.15) is 0 Å². The number of rotatable bonds is 3. The van der Waals surface area contributed by atoms with Crippen LogP contribution in [0.15, 0.2) is 25.3 Å². The molecule has 11 heavy (non-hydrogen) atoms. The Morgan fingerprint density at radius 1 is 1.36 bits per heavy atom. The van der Waals surface area contributed by atoms with Crippen LogP contribution in [0.2, 0.25) is 0 Å². The van der Waals surface area contributed by atoms with Crippen molar-refractivity contribution in [2.45, 2.75) is 0 Å². The lowest BCUT2D eigenvalue weighted by Crippen LogP contribution is -1.76. The lowest BCUT2D eigenvalue weighted by atomic mass is 10.7. The van der Waals surface area contributed by atoms with Gasteiger partial charge in [-0.25, -0.2) is 0 Å². The minimum absolute atomic E-state index is 0.653. The first-order valence-corrected chi connectivity index (χ1v) is 4.17. The second-order valence-electron chi connectivity index (χ2n) is 1.19. The van der Waals surface area contributed by atoms with Gasteiger partial charge >= 0.3 is 0 Å². The number of hydrogen-bond acceptors (Lipinski definition) is 2. The van der Waals surface area contributed by atoms with Crippen LogP contribution in [0.25, 0.3) is 0 Å². The van der Waals surface area contributed by atoms with Gasteiger partial charge in [0.05, 0.1) is 6.61 Å². The maximum absolute atomic E-state index is 7.00. The van der Waals surface area contributed by atoms with E-state index < -0.39 is 0 Å². The maximum Gasteiger partial charge on any atom is 0.0641 e. The van der Waals surface area contributed by atoms with Crippen LogP contribution in [0.1, 0.15) is 0 Å². The molecule has 0 amide bonds. The highest BCUT2D eigenvalue weighted by molar-refractivity contribution is 9.09. The first-order valence-electron chi connectivity index (χ1n) is 3.04. The van der Waals surface area contributed by atoms with Crippen molar-refractivity contribution in [3.8, 4) is 0 Å². The normalized spacial score (nSPS) is 6.18. The second kappa shape index (κ2) is 32.7. The van der Waals surface area contributed by atoms with Crippen molar-refractivity contribution in [1.82, 2.24) is 0 Å². The van der Waals surface area contributed by atoms with Crippen LogP contribution in [-0.4, -0.2) is 31.3 Å². The van der Waals surface area contributed by atoms with Crippen LogP contribution in [0.4, 0.5) is 0 Å². The van der Waals surface area contributed by atoms with Crippen molar-refractivity contribution in [3.05, 3.63) is 25.3 Å². The van der Waals surface area contributed by atoms with E-state index in [1.54, 1.807) is 19.3 Å². The average Bonchev–Trinajstić information content (AvgIpc) is 2.10. The molecule has 2 nitrogen and oxygen atoms in total. The number of ether oxygens (including phenoxy) is 1. The smallest absolute Gasteiger partial charge is 0.0641 e. The third-order valence-corrected chi connectivity index (χ3v) is 0.851. The fraction of sp³-hybridized carbons (Fsp3) is 0.500. The molecule has 0 aromatic rings. The predicted molar refractivity (Wildman–Crippen MR) is 54.2 cm³/mol. The first kappa shape index (κ1) is 17.1. The highest BCUT2D eigenvalue weighted by atomic mass is 79.9. The number of alkyl halides is 1. The molecule has 0 saturated heterocycles. The summed E-state index contributed by atoms with van der Waals surface area (Å²) in [5.41, 5.74) is 0. The Labute approximate surface area is 77.7 Å². The van der Waals surface area contributed by atoms with Gasteiger partial charge < -0.3 is 9.84 Å². The van der Waals surface area contributed by atoms with E-state index in [9.17, 15) is 0 Å². The molecule has 0 fully saturated rings. The summed E-state index contributed by atoms with van der Waals surface area (Å²) in [7, 11) is 2.64. The maximum atomic E-state index is 7.00. The standard InChI is InChI=1S/C4H8O.C3H5Br.CH4O/c1-3-4-5-2;1-2-3-4;1-2/h3H,1,4H2,2H3;2H,1,3H2;2H,1H3. The molecule has 0 aliphatic carbocycles. The van der Waals surface area contributed by atoms with Gasteiger partial charge in [0.2, 0.25) is 0 Å². The van der Waals surface area contributed by atoms with E-state index in [0.717, 1.165) is 12.4 Å². The molecule has 0 aliphatic rings. The van der Waals surface area contributed by atoms with Gasteiger partial charge in [-0.1, -0.05) is 28.1 Å². The van der Waals surface area contributed by atoms with E-state index in [4.69, 9.17) is 5.11 Å². The van der Waals surface area contributed by atoms with Gasteiger partial charge in [-0.15, -0.1) is 13.2 Å². The minimum atomic E-state index is 0.653. The molecule has 0 aromatic heterocycles. The summed E-state index contributed by atoms with van der Waals surface area (Å²) in [4.78, 5) is 0.